The van der Waals surface area contributed by atoms with Gasteiger partial charge in [-0.15, -0.1) is 10.2 Å². The van der Waals surface area contributed by atoms with Gasteiger partial charge >= 0.3 is 0 Å². The van der Waals surface area contributed by atoms with Crippen molar-refractivity contribution < 1.29 is 38.9 Å². The number of nitrogens with zero attached hydrogens (tertiary/aromatic N) is 5. The van der Waals surface area contributed by atoms with Crippen molar-refractivity contribution in [3.8, 4) is 0 Å². The number of benzene rings is 3. The second kappa shape index (κ2) is 9.05. The Morgan fingerprint density at radius 3 is 2.10 bits per heavy atom. The number of halogens is 1. The summed E-state index contributed by atoms with van der Waals surface area (Å²) in [5, 5.41) is 7.86. The van der Waals surface area contributed by atoms with Crippen molar-refractivity contribution in [3.05, 3.63) is 70.5 Å². The van der Waals surface area contributed by atoms with E-state index in [2.05, 4.69) is 25.2 Å². The molecule has 18 heteroatoms. The van der Waals surface area contributed by atoms with Gasteiger partial charge in [0.15, 0.2) is 0 Å². The van der Waals surface area contributed by atoms with Crippen LogP contribution in [0, 0.1) is 6.92 Å². The largest absolute Gasteiger partial charge is 0.296 e. The maximum Gasteiger partial charge on any atom is 0.296 e. The fourth-order valence-electron chi connectivity index (χ4n) is 4.31. The molecule has 1 aromatic heterocycles. The van der Waals surface area contributed by atoms with Crippen molar-refractivity contribution in [1.29, 1.82) is 0 Å². The molecule has 5 rings (SSSR count). The van der Waals surface area contributed by atoms with E-state index < -0.39 is 56.6 Å². The number of azo groups is 1. The minimum absolute atomic E-state index is 0.00756. The summed E-state index contributed by atoms with van der Waals surface area (Å²) in [5.74, 6) is -0.927. The number of aromatic nitrogens is 3. The standard InChI is InChI=1S/C21H14ClN5O9S3/c1-9-23-20(25-21(22)24-9)17-12-8-11(37(28,29)30)6-10-7-15(39(34,35)36)19(18(17)16(10)12)27-26-13-4-2-3-5-14(13)38(31,32)33/h2-8,17H,1H3,(H,28,29,30)(H,31,32,33)(H,34,35,36). The number of aryl methyl sites for hydroxylation is 1. The third-order valence-corrected chi connectivity index (χ3v) is 8.56. The fourth-order valence-corrected chi connectivity index (χ4v) is 6.36. The van der Waals surface area contributed by atoms with Gasteiger partial charge in [0.25, 0.3) is 30.4 Å². The van der Waals surface area contributed by atoms with Gasteiger partial charge in [-0.1, -0.05) is 12.1 Å². The molecule has 3 N–H and O–H groups in total. The van der Waals surface area contributed by atoms with Crippen LogP contribution in [0.25, 0.3) is 10.8 Å². The van der Waals surface area contributed by atoms with Gasteiger partial charge in [-0.05, 0) is 65.2 Å². The van der Waals surface area contributed by atoms with Crippen LogP contribution in [0.2, 0.25) is 5.28 Å². The fraction of sp³-hybridized carbons (Fsp3) is 0.0952. The lowest BCUT2D eigenvalue weighted by molar-refractivity contribution is 0.480. The number of hydrogen-bond donors (Lipinski definition) is 3. The first-order valence-corrected chi connectivity index (χ1v) is 15.2. The van der Waals surface area contributed by atoms with Gasteiger partial charge < -0.3 is 0 Å². The normalized spacial score (nSPS) is 15.6. The van der Waals surface area contributed by atoms with Crippen molar-refractivity contribution in [1.82, 2.24) is 15.0 Å². The average molecular weight is 612 g/mol. The van der Waals surface area contributed by atoms with E-state index >= 15 is 0 Å². The van der Waals surface area contributed by atoms with E-state index in [1.54, 1.807) is 0 Å². The van der Waals surface area contributed by atoms with Crippen LogP contribution < -0.4 is 0 Å². The lowest BCUT2D eigenvalue weighted by Gasteiger charge is -2.32. The summed E-state index contributed by atoms with van der Waals surface area (Å²) in [7, 11) is -14.5. The summed E-state index contributed by atoms with van der Waals surface area (Å²) in [5.41, 5.74) is -0.424. The summed E-state index contributed by atoms with van der Waals surface area (Å²) in [6.07, 6.45) is 0. The highest BCUT2D eigenvalue weighted by Crippen LogP contribution is 2.54. The maximum atomic E-state index is 12.4. The van der Waals surface area contributed by atoms with Crippen LogP contribution >= 0.6 is 11.6 Å². The van der Waals surface area contributed by atoms with Gasteiger partial charge in [0.2, 0.25) is 5.28 Å². The molecule has 3 aromatic carbocycles. The Kier molecular flexibility index (Phi) is 6.30. The molecular formula is C21H14ClN5O9S3. The Balaban J connectivity index is 1.87. The van der Waals surface area contributed by atoms with Crippen LogP contribution in [0.15, 0.2) is 67.4 Å². The molecule has 4 aromatic rings. The topological polar surface area (TPSA) is 226 Å². The first kappa shape index (κ1) is 27.1. The minimum atomic E-state index is -5.04. The van der Waals surface area contributed by atoms with Crippen LogP contribution in [0.5, 0.6) is 0 Å². The molecule has 0 spiro atoms. The van der Waals surface area contributed by atoms with Crippen LogP contribution in [-0.2, 0) is 30.4 Å². The Hall–Kier alpha value is -3.45. The molecule has 0 bridgehead atoms. The Labute approximate surface area is 225 Å². The molecule has 0 fully saturated rings. The van der Waals surface area contributed by atoms with Crippen molar-refractivity contribution in [2.24, 2.45) is 10.2 Å². The molecular weight excluding hydrogens is 598 g/mol. The zero-order valence-electron chi connectivity index (χ0n) is 19.2. The smallest absolute Gasteiger partial charge is 0.282 e. The molecule has 0 radical (unpaired) electrons. The van der Waals surface area contributed by atoms with Crippen LogP contribution in [0.3, 0.4) is 0 Å². The van der Waals surface area contributed by atoms with Crippen molar-refractivity contribution in [3.63, 3.8) is 0 Å². The van der Waals surface area contributed by atoms with Crippen molar-refractivity contribution in [2.45, 2.75) is 27.5 Å². The monoisotopic (exact) mass is 611 g/mol. The molecule has 202 valence electrons. The SMILES string of the molecule is Cc1nc(Cl)nc(C2c3cc(S(=O)(=O)O)cc4cc(S(=O)(=O)O)c(N=Nc5ccccc5S(=O)(=O)O)c2c34)n1. The minimum Gasteiger partial charge on any atom is -0.282 e. The third-order valence-electron chi connectivity index (χ3n) is 5.79. The van der Waals surface area contributed by atoms with Gasteiger partial charge in [0.05, 0.1) is 10.8 Å². The zero-order chi connectivity index (χ0) is 28.5. The summed E-state index contributed by atoms with van der Waals surface area (Å²) in [6.45, 7) is 1.50. The Bertz CT molecular complexity index is 2060. The summed E-state index contributed by atoms with van der Waals surface area (Å²) in [4.78, 5) is 10.2. The summed E-state index contributed by atoms with van der Waals surface area (Å²) < 4.78 is 102. The highest BCUT2D eigenvalue weighted by Gasteiger charge is 2.40. The van der Waals surface area contributed by atoms with E-state index in [1.807, 2.05) is 0 Å². The lowest BCUT2D eigenvalue weighted by Crippen LogP contribution is -2.20. The van der Waals surface area contributed by atoms with E-state index in [0.29, 0.717) is 5.39 Å². The van der Waals surface area contributed by atoms with E-state index in [9.17, 15) is 38.9 Å². The van der Waals surface area contributed by atoms with Crippen LogP contribution in [0.4, 0.5) is 11.4 Å². The molecule has 1 aliphatic carbocycles. The van der Waals surface area contributed by atoms with Crippen LogP contribution in [0.1, 0.15) is 28.7 Å². The molecule has 1 aliphatic rings. The average Bonchev–Trinajstić information content (AvgIpc) is 2.79. The first-order chi connectivity index (χ1) is 18.1. The lowest BCUT2D eigenvalue weighted by atomic mass is 9.73. The zero-order valence-corrected chi connectivity index (χ0v) is 22.5. The van der Waals surface area contributed by atoms with Gasteiger partial charge in [-0.3, -0.25) is 13.7 Å². The summed E-state index contributed by atoms with van der Waals surface area (Å²) >= 11 is 6.00. The Morgan fingerprint density at radius 1 is 0.821 bits per heavy atom. The van der Waals surface area contributed by atoms with E-state index in [1.165, 1.54) is 25.1 Å². The molecule has 0 aliphatic heterocycles. The second-order valence-corrected chi connectivity index (χ2v) is 12.8. The Morgan fingerprint density at radius 2 is 1.49 bits per heavy atom. The molecule has 1 heterocycles. The predicted molar refractivity (Wildman–Crippen MR) is 135 cm³/mol. The van der Waals surface area contributed by atoms with E-state index in [4.69, 9.17) is 11.6 Å². The molecule has 0 saturated heterocycles. The van der Waals surface area contributed by atoms with Gasteiger partial charge in [0, 0.05) is 5.56 Å². The van der Waals surface area contributed by atoms with Crippen molar-refractivity contribution >= 4 is 64.1 Å². The molecule has 1 atom stereocenters. The molecule has 0 amide bonds. The van der Waals surface area contributed by atoms with Gasteiger partial charge in [-0.25, -0.2) is 15.0 Å². The van der Waals surface area contributed by atoms with Crippen LogP contribution in [-0.4, -0.2) is 53.9 Å². The third kappa shape index (κ3) is 4.89. The molecule has 39 heavy (non-hydrogen) atoms. The number of rotatable bonds is 6. The molecule has 14 nitrogen and oxygen atoms in total. The van der Waals surface area contributed by atoms with Gasteiger partial charge in [0.1, 0.15) is 32.8 Å². The van der Waals surface area contributed by atoms with Gasteiger partial charge in [-0.2, -0.15) is 25.3 Å². The second-order valence-electron chi connectivity index (χ2n) is 8.28. The quantitative estimate of drug-likeness (QED) is 0.185. The van der Waals surface area contributed by atoms with E-state index in [0.717, 1.165) is 24.3 Å². The molecule has 1 unspecified atom stereocenters. The highest BCUT2D eigenvalue weighted by molar-refractivity contribution is 7.86. The number of hydrogen-bond acceptors (Lipinski definition) is 11. The first-order valence-electron chi connectivity index (χ1n) is 10.5. The van der Waals surface area contributed by atoms with E-state index in [-0.39, 0.29) is 39.1 Å². The summed E-state index contributed by atoms with van der Waals surface area (Å²) in [6, 6.07) is 8.03. The highest BCUT2D eigenvalue weighted by atomic mass is 35.5. The molecule has 0 saturated carbocycles. The maximum absolute atomic E-state index is 12.4. The predicted octanol–water partition coefficient (Wildman–Crippen LogP) is 3.64. The van der Waals surface area contributed by atoms with Crippen molar-refractivity contribution in [2.75, 3.05) is 0 Å².